The van der Waals surface area contributed by atoms with Crippen LogP contribution in [0.25, 0.3) is 10.2 Å². The van der Waals surface area contributed by atoms with Gasteiger partial charge in [-0.25, -0.2) is 8.42 Å². The number of sulfonamides is 1. The lowest BCUT2D eigenvalue weighted by atomic mass is 10.2. The Hall–Kier alpha value is -2.26. The van der Waals surface area contributed by atoms with Crippen molar-refractivity contribution in [1.82, 2.24) is 8.87 Å². The number of rotatable bonds is 7. The van der Waals surface area contributed by atoms with Crippen LogP contribution >= 0.6 is 22.9 Å². The highest BCUT2D eigenvalue weighted by molar-refractivity contribution is 7.89. The Morgan fingerprint density at radius 3 is 2.42 bits per heavy atom. The molecule has 0 aliphatic rings. The maximum atomic E-state index is 12.8. The molecule has 0 aliphatic heterocycles. The first-order valence-corrected chi connectivity index (χ1v) is 12.5. The molecule has 0 N–H and O–H groups in total. The molecule has 0 fully saturated rings. The molecule has 0 bridgehead atoms. The van der Waals surface area contributed by atoms with Gasteiger partial charge in [-0.1, -0.05) is 42.9 Å². The number of aryl methyl sites for hydroxylation is 1. The topological polar surface area (TPSA) is 71.7 Å². The van der Waals surface area contributed by atoms with Gasteiger partial charge in [-0.05, 0) is 48.9 Å². The summed E-state index contributed by atoms with van der Waals surface area (Å²) in [6.07, 6.45) is 1.74. The summed E-state index contributed by atoms with van der Waals surface area (Å²) >= 11 is 7.67. The van der Waals surface area contributed by atoms with Crippen LogP contribution in [0.4, 0.5) is 0 Å². The number of carbonyl (C=O) groups excluding carboxylic acids is 1. The van der Waals surface area contributed by atoms with Crippen molar-refractivity contribution < 1.29 is 13.2 Å². The normalized spacial score (nSPS) is 12.6. The van der Waals surface area contributed by atoms with Crippen LogP contribution in [-0.4, -0.2) is 36.3 Å². The van der Waals surface area contributed by atoms with E-state index in [1.54, 1.807) is 19.9 Å². The third-order valence-electron chi connectivity index (χ3n) is 4.98. The smallest absolute Gasteiger partial charge is 0.279 e. The minimum absolute atomic E-state index is 0.154. The van der Waals surface area contributed by atoms with Crippen molar-refractivity contribution in [2.45, 2.75) is 32.2 Å². The molecule has 1 amide bonds. The highest BCUT2D eigenvalue weighted by Crippen LogP contribution is 2.27. The number of fused-ring (bicyclic) bond motifs is 1. The molecule has 0 saturated carbocycles. The van der Waals surface area contributed by atoms with Gasteiger partial charge in [-0.2, -0.15) is 9.30 Å². The molecular weight excluding hydrogens is 454 g/mol. The van der Waals surface area contributed by atoms with E-state index >= 15 is 0 Å². The molecule has 6 nitrogen and oxygen atoms in total. The number of hydrogen-bond donors (Lipinski definition) is 0. The number of benzene rings is 2. The lowest BCUT2D eigenvalue weighted by Crippen LogP contribution is -2.30. The fourth-order valence-corrected chi connectivity index (χ4v) is 6.04. The van der Waals surface area contributed by atoms with E-state index in [0.717, 1.165) is 15.8 Å². The van der Waals surface area contributed by atoms with Crippen LogP contribution in [0.1, 0.15) is 29.8 Å². The summed E-state index contributed by atoms with van der Waals surface area (Å²) in [6.45, 7) is 10.5. The average Bonchev–Trinajstić information content (AvgIpc) is 3.09. The number of carbonyl (C=O) groups is 1. The Morgan fingerprint density at radius 2 is 1.84 bits per heavy atom. The number of hydrogen-bond acceptors (Lipinski definition) is 4. The minimum atomic E-state index is -3.58. The molecule has 0 saturated heterocycles. The number of amides is 1. The van der Waals surface area contributed by atoms with E-state index in [2.05, 4.69) is 11.6 Å². The maximum absolute atomic E-state index is 12.8. The Kier molecular flexibility index (Phi) is 7.16. The zero-order valence-corrected chi connectivity index (χ0v) is 20.0. The third kappa shape index (κ3) is 4.52. The molecule has 0 radical (unpaired) electrons. The van der Waals surface area contributed by atoms with Gasteiger partial charge in [-0.3, -0.25) is 4.79 Å². The van der Waals surface area contributed by atoms with Crippen molar-refractivity contribution in [3.63, 3.8) is 0 Å². The molecule has 3 rings (SSSR count). The van der Waals surface area contributed by atoms with E-state index in [0.29, 0.717) is 35.0 Å². The lowest BCUT2D eigenvalue weighted by molar-refractivity contribution is 0.0997. The first-order chi connectivity index (χ1) is 14.7. The van der Waals surface area contributed by atoms with E-state index in [4.69, 9.17) is 11.6 Å². The van der Waals surface area contributed by atoms with Crippen LogP contribution in [0.5, 0.6) is 0 Å². The summed E-state index contributed by atoms with van der Waals surface area (Å²) in [6, 6.07) is 9.62. The lowest BCUT2D eigenvalue weighted by Gasteiger charge is -2.18. The fraction of sp³-hybridized carbons (Fsp3) is 0.273. The number of halogens is 1. The van der Waals surface area contributed by atoms with Gasteiger partial charge >= 0.3 is 0 Å². The van der Waals surface area contributed by atoms with E-state index in [-0.39, 0.29) is 4.90 Å². The van der Waals surface area contributed by atoms with Crippen LogP contribution in [0, 0.1) is 6.92 Å². The van der Waals surface area contributed by atoms with Gasteiger partial charge in [0.15, 0.2) is 4.80 Å². The second-order valence-electron chi connectivity index (χ2n) is 6.83. The number of aromatic nitrogens is 1. The summed E-state index contributed by atoms with van der Waals surface area (Å²) in [7, 11) is -3.58. The first-order valence-electron chi connectivity index (χ1n) is 9.83. The zero-order valence-electron chi connectivity index (χ0n) is 17.6. The van der Waals surface area contributed by atoms with Crippen LogP contribution in [-0.2, 0) is 16.6 Å². The van der Waals surface area contributed by atoms with Gasteiger partial charge in [0, 0.05) is 30.2 Å². The molecule has 31 heavy (non-hydrogen) atoms. The van der Waals surface area contributed by atoms with Gasteiger partial charge in [-0.15, -0.1) is 6.58 Å². The van der Waals surface area contributed by atoms with E-state index < -0.39 is 15.9 Å². The summed E-state index contributed by atoms with van der Waals surface area (Å²) in [4.78, 5) is 17.8. The summed E-state index contributed by atoms with van der Waals surface area (Å²) in [5, 5.41) is 0.644. The summed E-state index contributed by atoms with van der Waals surface area (Å²) in [5.41, 5.74) is 2.15. The maximum Gasteiger partial charge on any atom is 0.279 e. The molecule has 0 spiro atoms. The zero-order chi connectivity index (χ0) is 22.8. The molecule has 164 valence electrons. The van der Waals surface area contributed by atoms with E-state index in [1.165, 1.54) is 39.9 Å². The highest BCUT2D eigenvalue weighted by Gasteiger charge is 2.21. The standard InChI is InChI=1S/C22H24ClN3O3S2/c1-5-14-26-20-15(4)18(23)12-13-19(20)30-22(26)24-21(27)16-8-10-17(11-9-16)31(28,29)25(6-2)7-3/h5,8-13H,1,6-7,14H2,2-4H3. The fourth-order valence-electron chi connectivity index (χ4n) is 3.33. The average molecular weight is 478 g/mol. The SMILES string of the molecule is C=CCn1c(=NC(=O)c2ccc(S(=O)(=O)N(CC)CC)cc2)sc2ccc(Cl)c(C)c21. The van der Waals surface area contributed by atoms with Crippen LogP contribution in [0.2, 0.25) is 5.02 Å². The van der Waals surface area contributed by atoms with Gasteiger partial charge in [0.1, 0.15) is 0 Å². The van der Waals surface area contributed by atoms with E-state index in [9.17, 15) is 13.2 Å². The quantitative estimate of drug-likeness (QED) is 0.466. The predicted molar refractivity (Wildman–Crippen MR) is 126 cm³/mol. The first kappa shape index (κ1) is 23.4. The van der Waals surface area contributed by atoms with Gasteiger partial charge in [0.2, 0.25) is 10.0 Å². The minimum Gasteiger partial charge on any atom is -0.312 e. The molecule has 1 aromatic heterocycles. The van der Waals surface area contributed by atoms with Crippen molar-refractivity contribution in [2.75, 3.05) is 13.1 Å². The largest absolute Gasteiger partial charge is 0.312 e. The Morgan fingerprint density at radius 1 is 1.19 bits per heavy atom. The summed E-state index contributed by atoms with van der Waals surface area (Å²) in [5.74, 6) is -0.445. The number of thiazole rings is 1. The van der Waals surface area contributed by atoms with Gasteiger partial charge in [0.25, 0.3) is 5.91 Å². The second kappa shape index (κ2) is 9.48. The molecule has 0 unspecified atom stereocenters. The number of nitrogens with zero attached hydrogens (tertiary/aromatic N) is 3. The van der Waals surface area contributed by atoms with Crippen molar-refractivity contribution in [1.29, 1.82) is 0 Å². The monoisotopic (exact) mass is 477 g/mol. The van der Waals surface area contributed by atoms with Crippen LogP contribution in [0.3, 0.4) is 0 Å². The van der Waals surface area contributed by atoms with Crippen LogP contribution < -0.4 is 4.80 Å². The van der Waals surface area contributed by atoms with Crippen LogP contribution in [0.15, 0.2) is 58.9 Å². The Bertz CT molecular complexity index is 1300. The molecule has 0 atom stereocenters. The van der Waals surface area contributed by atoms with Crippen molar-refractivity contribution in [3.8, 4) is 0 Å². The predicted octanol–water partition coefficient (Wildman–Crippen LogP) is 4.62. The Labute approximate surface area is 191 Å². The highest BCUT2D eigenvalue weighted by atomic mass is 35.5. The number of allylic oxidation sites excluding steroid dienone is 1. The molecule has 9 heteroatoms. The van der Waals surface area contributed by atoms with Crippen molar-refractivity contribution in [2.24, 2.45) is 4.99 Å². The molecule has 2 aromatic carbocycles. The molecule has 1 heterocycles. The van der Waals surface area contributed by atoms with Gasteiger partial charge < -0.3 is 4.57 Å². The van der Waals surface area contributed by atoms with Crippen molar-refractivity contribution >= 4 is 49.1 Å². The Balaban J connectivity index is 2.03. The molecule has 3 aromatic rings. The molecule has 0 aliphatic carbocycles. The second-order valence-corrected chi connectivity index (χ2v) is 10.2. The van der Waals surface area contributed by atoms with Crippen molar-refractivity contribution in [3.05, 3.63) is 70.0 Å². The summed E-state index contributed by atoms with van der Waals surface area (Å²) < 4.78 is 29.5. The van der Waals surface area contributed by atoms with Gasteiger partial charge in [0.05, 0.1) is 15.1 Å². The third-order valence-corrected chi connectivity index (χ3v) is 8.50. The molecular formula is C22H24ClN3O3S2. The van der Waals surface area contributed by atoms with E-state index in [1.807, 2.05) is 23.6 Å².